The molecule has 0 atom stereocenters. The van der Waals surface area contributed by atoms with Crippen molar-refractivity contribution in [2.75, 3.05) is 13.2 Å². The van der Waals surface area contributed by atoms with E-state index in [1.165, 1.54) is 0 Å². The van der Waals surface area contributed by atoms with E-state index in [1.807, 2.05) is 58.0 Å². The van der Waals surface area contributed by atoms with Crippen LogP contribution in [0.15, 0.2) is 43.0 Å². The molecule has 0 spiro atoms. The molecule has 0 aliphatic heterocycles. The molecule has 0 aliphatic carbocycles. The van der Waals surface area contributed by atoms with Crippen LogP contribution in [0, 0.1) is 17.8 Å². The lowest BCUT2D eigenvalue weighted by atomic mass is 10.2. The molecule has 0 N–H and O–H groups in total. The van der Waals surface area contributed by atoms with Crippen LogP contribution >= 0.6 is 0 Å². The molecule has 6 nitrogen and oxygen atoms in total. The molecule has 1 aromatic carbocycles. The second-order valence-electron chi connectivity index (χ2n) is 7.23. The average molecular weight is 423 g/mol. The summed E-state index contributed by atoms with van der Waals surface area (Å²) in [7, 11) is 0. The fourth-order valence-corrected chi connectivity index (χ4v) is 1.51. The zero-order valence-electron chi connectivity index (χ0n) is 19.5. The molecule has 0 aliphatic rings. The van der Waals surface area contributed by atoms with Gasteiger partial charge in [-0.2, -0.15) is 0 Å². The Hall–Kier alpha value is -2.63. The Morgan fingerprint density at radius 2 is 1.23 bits per heavy atom. The Bertz CT molecular complexity index is 605. The lowest BCUT2D eigenvalue weighted by Crippen LogP contribution is -2.11. The number of hydrogen-bond acceptors (Lipinski definition) is 6. The standard InChI is InChI=1S/C11H14O2.C7H12O2.C6H12O2/c1-9(2)11(12)13-8-10-6-4-3-5-7-10;1-4-5-9-7(8)6(2)3;1-4-8-6(7)5(2)3/h3-7,9H,8H2,1-2H3;4,6H,1,5H2,2-3H3;5H,4H2,1-3H3. The summed E-state index contributed by atoms with van der Waals surface area (Å²) in [6.07, 6.45) is 1.56. The molecule has 0 unspecified atom stereocenters. The highest BCUT2D eigenvalue weighted by Gasteiger charge is 2.07. The second kappa shape index (κ2) is 18.4. The second-order valence-corrected chi connectivity index (χ2v) is 7.23. The van der Waals surface area contributed by atoms with E-state index in [0.29, 0.717) is 19.8 Å². The fraction of sp³-hybridized carbons (Fsp3) is 0.542. The topological polar surface area (TPSA) is 78.9 Å². The summed E-state index contributed by atoms with van der Waals surface area (Å²) >= 11 is 0. The molecule has 0 amide bonds. The highest BCUT2D eigenvalue weighted by Crippen LogP contribution is 2.03. The van der Waals surface area contributed by atoms with Crippen LogP contribution in [0.2, 0.25) is 0 Å². The molecule has 0 heterocycles. The predicted octanol–water partition coefficient (Wildman–Crippen LogP) is 4.96. The molecule has 1 rings (SSSR count). The number of rotatable bonds is 8. The maximum absolute atomic E-state index is 11.1. The summed E-state index contributed by atoms with van der Waals surface area (Å²) in [6.45, 7) is 17.3. The van der Waals surface area contributed by atoms with E-state index in [9.17, 15) is 14.4 Å². The molecular weight excluding hydrogens is 384 g/mol. The fourth-order valence-electron chi connectivity index (χ4n) is 1.51. The zero-order chi connectivity index (χ0) is 23.5. The summed E-state index contributed by atoms with van der Waals surface area (Å²) < 4.78 is 14.4. The Labute approximate surface area is 181 Å². The summed E-state index contributed by atoms with van der Waals surface area (Å²) in [6, 6.07) is 9.67. The lowest BCUT2D eigenvalue weighted by molar-refractivity contribution is -0.149. The summed E-state index contributed by atoms with van der Waals surface area (Å²) in [5.74, 6) is -0.519. The smallest absolute Gasteiger partial charge is 0.308 e. The van der Waals surface area contributed by atoms with Gasteiger partial charge in [-0.25, -0.2) is 0 Å². The van der Waals surface area contributed by atoms with Gasteiger partial charge in [0, 0.05) is 0 Å². The van der Waals surface area contributed by atoms with E-state index in [4.69, 9.17) is 9.47 Å². The number of ether oxygens (including phenoxy) is 3. The van der Waals surface area contributed by atoms with Gasteiger partial charge in [-0.3, -0.25) is 14.4 Å². The van der Waals surface area contributed by atoms with Gasteiger partial charge in [-0.1, -0.05) is 84.5 Å². The number of esters is 3. The summed E-state index contributed by atoms with van der Waals surface area (Å²) in [4.78, 5) is 32.2. The van der Waals surface area contributed by atoms with Crippen molar-refractivity contribution in [2.24, 2.45) is 17.8 Å². The predicted molar refractivity (Wildman–Crippen MR) is 119 cm³/mol. The van der Waals surface area contributed by atoms with Gasteiger partial charge in [-0.15, -0.1) is 0 Å². The minimum atomic E-state index is -0.171. The Morgan fingerprint density at radius 1 is 0.800 bits per heavy atom. The van der Waals surface area contributed by atoms with Crippen LogP contribution in [0.3, 0.4) is 0 Å². The first kappa shape index (κ1) is 29.6. The third kappa shape index (κ3) is 17.5. The van der Waals surface area contributed by atoms with E-state index < -0.39 is 0 Å². The molecule has 0 bridgehead atoms. The van der Waals surface area contributed by atoms with Crippen molar-refractivity contribution >= 4 is 17.9 Å². The lowest BCUT2D eigenvalue weighted by Gasteiger charge is -2.06. The van der Waals surface area contributed by atoms with Crippen LogP contribution in [-0.2, 0) is 35.2 Å². The maximum atomic E-state index is 11.1. The van der Waals surface area contributed by atoms with Crippen molar-refractivity contribution < 1.29 is 28.6 Å². The largest absolute Gasteiger partial charge is 0.466 e. The van der Waals surface area contributed by atoms with Gasteiger partial charge >= 0.3 is 17.9 Å². The molecule has 0 fully saturated rings. The first-order valence-corrected chi connectivity index (χ1v) is 10.2. The van der Waals surface area contributed by atoms with Gasteiger partial charge in [-0.05, 0) is 12.5 Å². The highest BCUT2D eigenvalue weighted by molar-refractivity contribution is 5.72. The Morgan fingerprint density at radius 3 is 1.60 bits per heavy atom. The van der Waals surface area contributed by atoms with Gasteiger partial charge in [0.15, 0.2) is 0 Å². The van der Waals surface area contributed by atoms with Crippen LogP contribution in [-0.4, -0.2) is 31.1 Å². The van der Waals surface area contributed by atoms with Crippen LogP contribution in [0.5, 0.6) is 0 Å². The number of carbonyl (C=O) groups excluding carboxylic acids is 3. The van der Waals surface area contributed by atoms with Crippen molar-refractivity contribution in [3.63, 3.8) is 0 Å². The van der Waals surface area contributed by atoms with E-state index in [0.717, 1.165) is 5.56 Å². The summed E-state index contributed by atoms with van der Waals surface area (Å²) in [5.41, 5.74) is 1.02. The molecule has 0 saturated heterocycles. The highest BCUT2D eigenvalue weighted by atomic mass is 16.5. The molecule has 0 saturated carbocycles. The van der Waals surface area contributed by atoms with Crippen LogP contribution in [0.25, 0.3) is 0 Å². The molecule has 6 heteroatoms. The van der Waals surface area contributed by atoms with Gasteiger partial charge < -0.3 is 14.2 Å². The Balaban J connectivity index is 0. The first-order chi connectivity index (χ1) is 14.1. The number of carbonyl (C=O) groups is 3. The minimum Gasteiger partial charge on any atom is -0.466 e. The van der Waals surface area contributed by atoms with Crippen molar-refractivity contribution in [1.82, 2.24) is 0 Å². The van der Waals surface area contributed by atoms with E-state index >= 15 is 0 Å². The van der Waals surface area contributed by atoms with Gasteiger partial charge in [0.1, 0.15) is 13.2 Å². The van der Waals surface area contributed by atoms with Crippen LogP contribution < -0.4 is 0 Å². The molecule has 170 valence electrons. The zero-order valence-corrected chi connectivity index (χ0v) is 19.5. The van der Waals surface area contributed by atoms with Crippen molar-refractivity contribution in [3.8, 4) is 0 Å². The number of hydrogen-bond donors (Lipinski definition) is 0. The minimum absolute atomic E-state index is 0.00921. The van der Waals surface area contributed by atoms with Gasteiger partial charge in [0.25, 0.3) is 0 Å². The molecule has 30 heavy (non-hydrogen) atoms. The van der Waals surface area contributed by atoms with E-state index in [2.05, 4.69) is 11.3 Å². The SMILES string of the molecule is C=CCOC(=O)C(C)C.CC(C)C(=O)OCc1ccccc1.CCOC(=O)C(C)C. The Kier molecular flexibility index (Phi) is 18.1. The molecule has 0 radical (unpaired) electrons. The van der Waals surface area contributed by atoms with Gasteiger partial charge in [0.05, 0.1) is 24.4 Å². The van der Waals surface area contributed by atoms with Crippen LogP contribution in [0.4, 0.5) is 0 Å². The van der Waals surface area contributed by atoms with E-state index in [1.54, 1.807) is 26.8 Å². The van der Waals surface area contributed by atoms with Crippen molar-refractivity contribution in [2.45, 2.75) is 55.1 Å². The van der Waals surface area contributed by atoms with E-state index in [-0.39, 0.29) is 35.7 Å². The summed E-state index contributed by atoms with van der Waals surface area (Å²) in [5, 5.41) is 0. The average Bonchev–Trinajstić information content (AvgIpc) is 2.71. The number of benzene rings is 1. The normalized spacial score (nSPS) is 9.67. The maximum Gasteiger partial charge on any atom is 0.308 e. The monoisotopic (exact) mass is 422 g/mol. The third-order valence-corrected chi connectivity index (χ3v) is 3.27. The van der Waals surface area contributed by atoms with Crippen LogP contribution in [0.1, 0.15) is 54.0 Å². The van der Waals surface area contributed by atoms with Crippen molar-refractivity contribution in [1.29, 1.82) is 0 Å². The first-order valence-electron chi connectivity index (χ1n) is 10.2. The molecule has 0 aromatic heterocycles. The quantitative estimate of drug-likeness (QED) is 0.335. The molecular formula is C24H38O6. The van der Waals surface area contributed by atoms with Gasteiger partial charge in [0.2, 0.25) is 0 Å². The molecule has 1 aromatic rings. The van der Waals surface area contributed by atoms with Crippen molar-refractivity contribution in [3.05, 3.63) is 48.6 Å². The third-order valence-electron chi connectivity index (χ3n) is 3.27.